The molecule has 1 rings (SSSR count). The molecule has 0 heterocycles. The molecule has 1 amide bonds. The van der Waals surface area contributed by atoms with E-state index in [4.69, 9.17) is 4.74 Å². The zero-order valence-corrected chi connectivity index (χ0v) is 14.8. The third-order valence-electron chi connectivity index (χ3n) is 3.65. The second-order valence-electron chi connectivity index (χ2n) is 7.25. The molecule has 0 aromatic rings. The molecule has 22 heavy (non-hydrogen) atoms. The molecule has 0 bridgehead atoms. The summed E-state index contributed by atoms with van der Waals surface area (Å²) >= 11 is 0. The second-order valence-corrected chi connectivity index (χ2v) is 9.67. The Kier molecular flexibility index (Phi) is 7.36. The predicted molar refractivity (Wildman–Crippen MR) is 86.4 cm³/mol. The number of hydrogen-bond donors (Lipinski definition) is 3. The molecule has 0 aliphatic heterocycles. The highest BCUT2D eigenvalue weighted by molar-refractivity contribution is 7.58. The van der Waals surface area contributed by atoms with E-state index in [-0.39, 0.29) is 24.8 Å². The van der Waals surface area contributed by atoms with E-state index in [2.05, 4.69) is 5.32 Å². The van der Waals surface area contributed by atoms with Gasteiger partial charge in [-0.1, -0.05) is 19.3 Å². The molecular weight excluding hydrogens is 305 g/mol. The molecule has 6 nitrogen and oxygen atoms in total. The van der Waals surface area contributed by atoms with Crippen LogP contribution in [0.2, 0.25) is 0 Å². The van der Waals surface area contributed by atoms with Crippen molar-refractivity contribution >= 4 is 13.5 Å². The van der Waals surface area contributed by atoms with Gasteiger partial charge in [-0.25, -0.2) is 4.79 Å². The standard InChI is InChI=1S/C15H30NO5P/c1-15(2,3)21-14(18)16-9-13(17)11-22(19,20)10-12-7-5-4-6-8-12/h12-13,17H,4-11H2,1-3H3,(H,16,18)(H,19,20). The molecule has 1 saturated carbocycles. The van der Waals surface area contributed by atoms with E-state index in [1.54, 1.807) is 20.8 Å². The van der Waals surface area contributed by atoms with E-state index in [0.717, 1.165) is 25.7 Å². The minimum Gasteiger partial charge on any atom is -0.444 e. The van der Waals surface area contributed by atoms with Crippen LogP contribution in [0.5, 0.6) is 0 Å². The van der Waals surface area contributed by atoms with Crippen molar-refractivity contribution < 1.29 is 24.1 Å². The van der Waals surface area contributed by atoms with Gasteiger partial charge in [-0.3, -0.25) is 4.57 Å². The summed E-state index contributed by atoms with van der Waals surface area (Å²) in [6, 6.07) is 0. The van der Waals surface area contributed by atoms with E-state index in [1.807, 2.05) is 0 Å². The molecule has 2 unspecified atom stereocenters. The van der Waals surface area contributed by atoms with Gasteiger partial charge in [0.25, 0.3) is 0 Å². The third-order valence-corrected chi connectivity index (χ3v) is 5.72. The fourth-order valence-electron chi connectivity index (χ4n) is 2.76. The van der Waals surface area contributed by atoms with Crippen LogP contribution >= 0.6 is 7.37 Å². The number of rotatable bonds is 6. The Morgan fingerprint density at radius 3 is 2.45 bits per heavy atom. The van der Waals surface area contributed by atoms with E-state index >= 15 is 0 Å². The van der Waals surface area contributed by atoms with Crippen LogP contribution in [-0.4, -0.2) is 46.7 Å². The van der Waals surface area contributed by atoms with Gasteiger partial charge in [-0.2, -0.15) is 0 Å². The number of nitrogens with one attached hydrogen (secondary N) is 1. The summed E-state index contributed by atoms with van der Waals surface area (Å²) in [6.45, 7) is 5.16. The van der Waals surface area contributed by atoms with Gasteiger partial charge in [0.1, 0.15) is 5.60 Å². The van der Waals surface area contributed by atoms with Crippen LogP contribution < -0.4 is 5.32 Å². The van der Waals surface area contributed by atoms with Gasteiger partial charge in [-0.05, 0) is 39.5 Å². The first kappa shape index (κ1) is 19.5. The lowest BCUT2D eigenvalue weighted by molar-refractivity contribution is 0.0498. The van der Waals surface area contributed by atoms with Crippen molar-refractivity contribution in [1.29, 1.82) is 0 Å². The molecule has 1 fully saturated rings. The first-order valence-corrected chi connectivity index (χ1v) is 10.1. The Labute approximate surface area is 133 Å². The van der Waals surface area contributed by atoms with Gasteiger partial charge in [0.15, 0.2) is 0 Å². The second kappa shape index (κ2) is 8.32. The molecule has 0 spiro atoms. The summed E-state index contributed by atoms with van der Waals surface area (Å²) in [5, 5.41) is 12.3. The first-order valence-electron chi connectivity index (χ1n) is 8.03. The smallest absolute Gasteiger partial charge is 0.407 e. The largest absolute Gasteiger partial charge is 0.444 e. The average molecular weight is 335 g/mol. The summed E-state index contributed by atoms with van der Waals surface area (Å²) < 4.78 is 17.3. The Morgan fingerprint density at radius 1 is 1.32 bits per heavy atom. The maximum absolute atomic E-state index is 12.2. The van der Waals surface area contributed by atoms with Crippen LogP contribution in [0, 0.1) is 5.92 Å². The van der Waals surface area contributed by atoms with Crippen LogP contribution in [0.4, 0.5) is 4.79 Å². The van der Waals surface area contributed by atoms with Crippen molar-refractivity contribution in [2.45, 2.75) is 64.6 Å². The van der Waals surface area contributed by atoms with Crippen LogP contribution in [0.3, 0.4) is 0 Å². The lowest BCUT2D eigenvalue weighted by Gasteiger charge is -2.25. The number of hydrogen-bond acceptors (Lipinski definition) is 4. The summed E-state index contributed by atoms with van der Waals surface area (Å²) in [4.78, 5) is 21.5. The third kappa shape index (κ3) is 8.76. The van der Waals surface area contributed by atoms with Crippen molar-refractivity contribution in [2.24, 2.45) is 5.92 Å². The molecule has 0 saturated heterocycles. The molecule has 2 atom stereocenters. The molecule has 7 heteroatoms. The zero-order chi connectivity index (χ0) is 16.8. The Morgan fingerprint density at radius 2 is 1.91 bits per heavy atom. The van der Waals surface area contributed by atoms with Gasteiger partial charge >= 0.3 is 6.09 Å². The van der Waals surface area contributed by atoms with Crippen LogP contribution in [0.15, 0.2) is 0 Å². The lowest BCUT2D eigenvalue weighted by Crippen LogP contribution is -2.38. The normalized spacial score (nSPS) is 21.0. The summed E-state index contributed by atoms with van der Waals surface area (Å²) in [6.07, 6.45) is 3.86. The fourth-order valence-corrected chi connectivity index (χ4v) is 4.87. The molecule has 1 aliphatic carbocycles. The van der Waals surface area contributed by atoms with Crippen molar-refractivity contribution in [1.82, 2.24) is 5.32 Å². The number of alkyl carbamates (subject to hydrolysis) is 1. The van der Waals surface area contributed by atoms with E-state index in [9.17, 15) is 19.4 Å². The number of ether oxygens (including phenoxy) is 1. The lowest BCUT2D eigenvalue weighted by atomic mass is 9.91. The number of amides is 1. The minimum atomic E-state index is -3.36. The van der Waals surface area contributed by atoms with Gasteiger partial charge in [0, 0.05) is 12.7 Å². The van der Waals surface area contributed by atoms with Crippen molar-refractivity contribution in [3.05, 3.63) is 0 Å². The summed E-state index contributed by atoms with van der Waals surface area (Å²) in [7, 11) is -3.36. The van der Waals surface area contributed by atoms with E-state index in [1.165, 1.54) is 6.42 Å². The van der Waals surface area contributed by atoms with Gasteiger partial charge in [-0.15, -0.1) is 0 Å². The monoisotopic (exact) mass is 335 g/mol. The zero-order valence-electron chi connectivity index (χ0n) is 13.9. The maximum Gasteiger partial charge on any atom is 0.407 e. The van der Waals surface area contributed by atoms with E-state index < -0.39 is 25.2 Å². The summed E-state index contributed by atoms with van der Waals surface area (Å²) in [5.74, 6) is 0.288. The number of carbonyl (C=O) groups is 1. The molecule has 0 radical (unpaired) electrons. The molecule has 0 aromatic heterocycles. The predicted octanol–water partition coefficient (Wildman–Crippen LogP) is 2.72. The van der Waals surface area contributed by atoms with Crippen molar-refractivity contribution in [3.63, 3.8) is 0 Å². The quantitative estimate of drug-likeness (QED) is 0.649. The van der Waals surface area contributed by atoms with Crippen LogP contribution in [-0.2, 0) is 9.30 Å². The number of carbonyl (C=O) groups excluding carboxylic acids is 1. The van der Waals surface area contributed by atoms with Gasteiger partial charge in [0.2, 0.25) is 7.37 Å². The van der Waals surface area contributed by atoms with Gasteiger partial charge in [0.05, 0.1) is 12.3 Å². The Bertz CT molecular complexity index is 401. The maximum atomic E-state index is 12.2. The summed E-state index contributed by atoms with van der Waals surface area (Å²) in [5.41, 5.74) is -0.609. The highest BCUT2D eigenvalue weighted by Gasteiger charge is 2.28. The highest BCUT2D eigenvalue weighted by atomic mass is 31.2. The topological polar surface area (TPSA) is 95.9 Å². The molecule has 3 N–H and O–H groups in total. The first-order chi connectivity index (χ1) is 10.1. The minimum absolute atomic E-state index is 0.0792. The van der Waals surface area contributed by atoms with Gasteiger partial charge < -0.3 is 20.1 Å². The van der Waals surface area contributed by atoms with Crippen molar-refractivity contribution in [2.75, 3.05) is 18.9 Å². The van der Waals surface area contributed by atoms with Crippen LogP contribution in [0.1, 0.15) is 52.9 Å². The molecule has 1 aliphatic rings. The number of aliphatic hydroxyl groups is 1. The Hall–Kier alpha value is -0.580. The SMILES string of the molecule is CC(C)(C)OC(=O)NCC(O)CP(=O)(O)CC1CCCCC1. The molecule has 0 aromatic carbocycles. The number of aliphatic hydroxyl groups excluding tert-OH is 1. The highest BCUT2D eigenvalue weighted by Crippen LogP contribution is 2.45. The fraction of sp³-hybridized carbons (Fsp3) is 0.933. The average Bonchev–Trinajstić information content (AvgIpc) is 2.34. The molecular formula is C15H30NO5P. The Balaban J connectivity index is 2.31. The van der Waals surface area contributed by atoms with Crippen LogP contribution in [0.25, 0.3) is 0 Å². The van der Waals surface area contributed by atoms with Crippen molar-refractivity contribution in [3.8, 4) is 0 Å². The molecule has 130 valence electrons. The van der Waals surface area contributed by atoms with E-state index in [0.29, 0.717) is 0 Å².